The number of carbonyl (C=O) groups is 5. The Morgan fingerprint density at radius 1 is 0.960 bits per heavy atom. The van der Waals surface area contributed by atoms with Gasteiger partial charge in [-0.25, -0.2) is 9.59 Å². The van der Waals surface area contributed by atoms with Gasteiger partial charge >= 0.3 is 12.1 Å². The van der Waals surface area contributed by atoms with Crippen LogP contribution in [0.3, 0.4) is 0 Å². The zero-order valence-electron chi connectivity index (χ0n) is 28.7. The Labute approximate surface area is 296 Å². The van der Waals surface area contributed by atoms with Crippen molar-refractivity contribution in [2.45, 2.75) is 70.1 Å². The zero-order chi connectivity index (χ0) is 36.0. The summed E-state index contributed by atoms with van der Waals surface area (Å²) >= 11 is 1.47. The molecule has 4 aliphatic heterocycles. The molecule has 2 aromatic carbocycles. The maximum atomic E-state index is 14.6. The summed E-state index contributed by atoms with van der Waals surface area (Å²) in [7, 11) is 0. The highest BCUT2D eigenvalue weighted by Crippen LogP contribution is 2.46. The van der Waals surface area contributed by atoms with Crippen LogP contribution >= 0.6 is 11.8 Å². The molecule has 13 heteroatoms. The highest BCUT2D eigenvalue weighted by Gasteiger charge is 2.56. The van der Waals surface area contributed by atoms with Gasteiger partial charge in [0.05, 0.1) is 0 Å². The van der Waals surface area contributed by atoms with E-state index in [2.05, 4.69) is 16.0 Å². The van der Waals surface area contributed by atoms with E-state index in [0.29, 0.717) is 29.9 Å². The number of alkyl carbamates (subject to hydrolysis) is 1. The van der Waals surface area contributed by atoms with Crippen LogP contribution in [0.5, 0.6) is 0 Å². The smallest absolute Gasteiger partial charge is 0.408 e. The first-order valence-electron chi connectivity index (χ1n) is 16.8. The Morgan fingerprint density at radius 2 is 1.54 bits per heavy atom. The third-order valence-corrected chi connectivity index (χ3v) is 9.88. The Hall–Kier alpha value is -4.62. The van der Waals surface area contributed by atoms with E-state index in [9.17, 15) is 19.2 Å². The van der Waals surface area contributed by atoms with E-state index < -0.39 is 47.1 Å². The first kappa shape index (κ1) is 36.7. The lowest BCUT2D eigenvalue weighted by molar-refractivity contribution is -0.153. The van der Waals surface area contributed by atoms with Gasteiger partial charge < -0.3 is 30.5 Å². The largest absolute Gasteiger partial charge is 0.481 e. The van der Waals surface area contributed by atoms with Crippen molar-refractivity contribution < 1.29 is 38.6 Å². The Balaban J connectivity index is 0.00000115. The molecule has 0 aromatic heterocycles. The van der Waals surface area contributed by atoms with Crippen molar-refractivity contribution in [3.8, 4) is 0 Å². The van der Waals surface area contributed by atoms with Crippen molar-refractivity contribution >= 4 is 41.6 Å². The minimum Gasteiger partial charge on any atom is -0.481 e. The zero-order valence-corrected chi connectivity index (χ0v) is 29.5. The summed E-state index contributed by atoms with van der Waals surface area (Å²) in [5, 5.41) is 15.9. The van der Waals surface area contributed by atoms with Crippen LogP contribution in [0.2, 0.25) is 0 Å². The van der Waals surface area contributed by atoms with Crippen LogP contribution in [0.25, 0.3) is 0 Å². The number of carboxylic acids is 1. The number of hydrogen-bond acceptors (Lipinski definition) is 9. The molecule has 3 saturated heterocycles. The number of esters is 1. The molecule has 266 valence electrons. The summed E-state index contributed by atoms with van der Waals surface area (Å²) < 4.78 is 11.8. The molecule has 50 heavy (non-hydrogen) atoms. The molecule has 0 radical (unpaired) electrons. The number of β-lactam (4-membered cyclic amide) rings is 1. The second kappa shape index (κ2) is 15.9. The van der Waals surface area contributed by atoms with E-state index in [1.165, 1.54) is 16.7 Å². The molecular weight excluding hydrogens is 660 g/mol. The molecule has 0 spiro atoms. The molecule has 3 amide bonds. The van der Waals surface area contributed by atoms with Gasteiger partial charge in [-0.2, -0.15) is 0 Å². The number of carbonyl (C=O) groups excluding carboxylic acids is 4. The average molecular weight is 705 g/mol. The number of allylic oxidation sites excluding steroid dienone is 1. The maximum absolute atomic E-state index is 14.6. The van der Waals surface area contributed by atoms with Crippen LogP contribution in [-0.2, 0) is 28.7 Å². The number of benzene rings is 2. The topological polar surface area (TPSA) is 163 Å². The van der Waals surface area contributed by atoms with E-state index >= 15 is 0 Å². The third-order valence-electron chi connectivity index (χ3n) is 8.60. The van der Waals surface area contributed by atoms with Crippen molar-refractivity contribution in [2.24, 2.45) is 5.92 Å². The number of nitrogens with zero attached hydrogens (tertiary/aromatic N) is 1. The van der Waals surface area contributed by atoms with E-state index in [-0.39, 0.29) is 17.5 Å². The molecule has 2 atom stereocenters. The second-order valence-electron chi connectivity index (χ2n) is 13.4. The molecule has 0 bridgehead atoms. The van der Waals surface area contributed by atoms with E-state index in [4.69, 9.17) is 19.4 Å². The standard InChI is InChI=1S/C35H40N4O6S.C2H4O2/c1-35(2,3)45-34(43)38-27-31(41)39-28(33(42)44-29(22-10-6-4-7-11-22)23-12-8-5-9-13-23)25(20-46-32(27)39)26(21-14-17-36-18-15-21)24-16-19-37-30(24)40;1-2(3)4/h4-13,21,27,29,32,36H,14-20H2,1-3H3,(H,37,40)(H,38,43);1H3,(H,3,4)/t27-,32-;/m1./s1. The lowest BCUT2D eigenvalue weighted by atomic mass is 9.81. The SMILES string of the molecule is CC(=O)O.CC(C)(C)OC(=O)N[C@@H]1C(=O)N2C(C(=O)OC(c3ccccc3)c3ccccc3)=C(C(=C3CCNC3=O)C3CCNCC3)CS[C@H]12. The maximum Gasteiger partial charge on any atom is 0.408 e. The number of rotatable bonds is 7. The molecule has 2 aromatic rings. The van der Waals surface area contributed by atoms with Gasteiger partial charge in [0, 0.05) is 24.8 Å². The fourth-order valence-electron chi connectivity index (χ4n) is 6.56. The van der Waals surface area contributed by atoms with Crippen LogP contribution in [0.15, 0.2) is 83.1 Å². The van der Waals surface area contributed by atoms with Crippen LogP contribution in [0.1, 0.15) is 64.2 Å². The number of nitrogens with one attached hydrogen (secondary N) is 3. The number of carboxylic acid groups (broad SMARTS) is 1. The van der Waals surface area contributed by atoms with Gasteiger partial charge in [0.1, 0.15) is 22.7 Å². The van der Waals surface area contributed by atoms with E-state index in [1.807, 2.05) is 60.7 Å². The van der Waals surface area contributed by atoms with E-state index in [1.54, 1.807) is 20.8 Å². The quantitative estimate of drug-likeness (QED) is 0.186. The molecule has 12 nitrogen and oxygen atoms in total. The van der Waals surface area contributed by atoms with Crippen molar-refractivity contribution in [3.63, 3.8) is 0 Å². The fraction of sp³-hybridized carbons (Fsp3) is 0.432. The van der Waals surface area contributed by atoms with Crippen LogP contribution in [0, 0.1) is 5.92 Å². The van der Waals surface area contributed by atoms with Crippen LogP contribution in [-0.4, -0.2) is 82.3 Å². The van der Waals surface area contributed by atoms with Gasteiger partial charge in [-0.1, -0.05) is 60.7 Å². The molecular formula is C37H44N4O8S. The Morgan fingerprint density at radius 3 is 2.06 bits per heavy atom. The lowest BCUT2D eigenvalue weighted by Crippen LogP contribution is -2.71. The monoisotopic (exact) mass is 704 g/mol. The number of ether oxygens (including phenoxy) is 2. The van der Waals surface area contributed by atoms with Gasteiger partial charge in [-0.05, 0) is 81.3 Å². The van der Waals surface area contributed by atoms with Crippen molar-refractivity contribution in [1.82, 2.24) is 20.9 Å². The first-order valence-corrected chi connectivity index (χ1v) is 17.8. The number of piperidine rings is 1. The van der Waals surface area contributed by atoms with Crippen molar-refractivity contribution in [2.75, 3.05) is 25.4 Å². The molecule has 4 aliphatic rings. The van der Waals surface area contributed by atoms with Gasteiger partial charge in [0.2, 0.25) is 5.91 Å². The summed E-state index contributed by atoms with van der Waals surface area (Å²) in [6.45, 7) is 8.46. The van der Waals surface area contributed by atoms with Gasteiger partial charge in [0.15, 0.2) is 6.10 Å². The fourth-order valence-corrected chi connectivity index (χ4v) is 7.92. The third kappa shape index (κ3) is 8.56. The molecule has 4 N–H and O–H groups in total. The Kier molecular flexibility index (Phi) is 11.7. The summed E-state index contributed by atoms with van der Waals surface area (Å²) in [6, 6.07) is 18.1. The average Bonchev–Trinajstić information content (AvgIpc) is 3.51. The van der Waals surface area contributed by atoms with Crippen molar-refractivity contribution in [1.29, 1.82) is 0 Å². The van der Waals surface area contributed by atoms with Gasteiger partial charge in [-0.15, -0.1) is 11.8 Å². The number of hydrogen-bond donors (Lipinski definition) is 4. The summed E-state index contributed by atoms with van der Waals surface area (Å²) in [6.07, 6.45) is 0.733. The van der Waals surface area contributed by atoms with Crippen LogP contribution < -0.4 is 16.0 Å². The predicted octanol–water partition coefficient (Wildman–Crippen LogP) is 4.29. The molecule has 6 rings (SSSR count). The lowest BCUT2D eigenvalue weighted by Gasteiger charge is -2.50. The number of aliphatic carboxylic acids is 1. The van der Waals surface area contributed by atoms with Gasteiger partial charge in [-0.3, -0.25) is 19.3 Å². The summed E-state index contributed by atoms with van der Waals surface area (Å²) in [5.41, 5.74) is 3.17. The minimum atomic E-state index is -0.868. The summed E-state index contributed by atoms with van der Waals surface area (Å²) in [5.74, 6) is -1.61. The molecule has 0 unspecified atom stereocenters. The molecule has 0 saturated carbocycles. The normalized spacial score (nSPS) is 21.7. The number of thioether (sulfide) groups is 1. The van der Waals surface area contributed by atoms with Crippen LogP contribution in [0.4, 0.5) is 4.79 Å². The highest BCUT2D eigenvalue weighted by atomic mass is 32.2. The second-order valence-corrected chi connectivity index (χ2v) is 14.5. The summed E-state index contributed by atoms with van der Waals surface area (Å²) in [4.78, 5) is 64.7. The highest BCUT2D eigenvalue weighted by molar-refractivity contribution is 8.00. The molecule has 0 aliphatic carbocycles. The van der Waals surface area contributed by atoms with E-state index in [0.717, 1.165) is 49.6 Å². The predicted molar refractivity (Wildman–Crippen MR) is 188 cm³/mol. The Bertz CT molecular complexity index is 1620. The first-order chi connectivity index (χ1) is 23.9. The molecule has 4 heterocycles. The number of amides is 3. The van der Waals surface area contributed by atoms with Crippen molar-refractivity contribution in [3.05, 3.63) is 94.2 Å². The molecule has 3 fully saturated rings. The minimum absolute atomic E-state index is 0.0427. The number of fused-ring (bicyclic) bond motifs is 1. The van der Waals surface area contributed by atoms with Gasteiger partial charge in [0.25, 0.3) is 11.9 Å².